The van der Waals surface area contributed by atoms with Gasteiger partial charge in [0.2, 0.25) is 5.96 Å². The van der Waals surface area contributed by atoms with E-state index in [0.717, 1.165) is 23.4 Å². The molecular weight excluding hydrogens is 361 g/mol. The Morgan fingerprint density at radius 2 is 1.81 bits per heavy atom. The lowest BCUT2D eigenvalue weighted by Crippen LogP contribution is -2.59. The van der Waals surface area contributed by atoms with Crippen LogP contribution in [0.1, 0.15) is 45.4 Å². The van der Waals surface area contributed by atoms with Crippen molar-refractivity contribution in [2.45, 2.75) is 64.6 Å². The molecular formula is C20H28FN5S. The number of anilines is 1. The summed E-state index contributed by atoms with van der Waals surface area (Å²) in [4.78, 5) is 6.06. The van der Waals surface area contributed by atoms with Crippen LogP contribution < -0.4 is 16.1 Å². The molecule has 0 saturated carbocycles. The zero-order chi connectivity index (χ0) is 19.8. The van der Waals surface area contributed by atoms with Crippen LogP contribution in [0.3, 0.4) is 0 Å². The number of nitrogens with zero attached hydrogens (tertiary/aromatic N) is 2. The monoisotopic (exact) mass is 389 g/mol. The first-order valence-electron chi connectivity index (χ1n) is 9.18. The van der Waals surface area contributed by atoms with E-state index >= 15 is 0 Å². The number of aromatic nitrogens is 1. The summed E-state index contributed by atoms with van der Waals surface area (Å²) in [6, 6.07) is 8.15. The molecule has 3 N–H and O–H groups in total. The summed E-state index contributed by atoms with van der Waals surface area (Å²) in [6.07, 6.45) is 1.81. The lowest BCUT2D eigenvalue weighted by atomic mass is 9.80. The average molecular weight is 390 g/mol. The quantitative estimate of drug-likeness (QED) is 0.535. The predicted molar refractivity (Wildman–Crippen MR) is 110 cm³/mol. The molecule has 0 radical (unpaired) electrons. The minimum absolute atomic E-state index is 0.0171. The Balaban J connectivity index is 1.98. The molecule has 0 atom stereocenters. The van der Waals surface area contributed by atoms with Gasteiger partial charge in [-0.25, -0.2) is 13.3 Å². The predicted octanol–water partition coefficient (Wildman–Crippen LogP) is 4.10. The Kier molecular flexibility index (Phi) is 5.27. The number of rotatable bonds is 2. The van der Waals surface area contributed by atoms with Gasteiger partial charge in [-0.05, 0) is 77.8 Å². The molecule has 0 aliphatic carbocycles. The van der Waals surface area contributed by atoms with Crippen LogP contribution in [0.4, 0.5) is 10.1 Å². The lowest BCUT2D eigenvalue weighted by molar-refractivity contribution is 0.164. The zero-order valence-corrected chi connectivity index (χ0v) is 17.4. The van der Waals surface area contributed by atoms with Crippen molar-refractivity contribution in [3.05, 3.63) is 46.5 Å². The Bertz CT molecular complexity index is 876. The number of aryl methyl sites for hydroxylation is 1. The molecule has 0 unspecified atom stereocenters. The van der Waals surface area contributed by atoms with Crippen molar-refractivity contribution in [2.75, 3.05) is 5.32 Å². The Morgan fingerprint density at radius 1 is 1.22 bits per heavy atom. The molecule has 0 spiro atoms. The molecule has 7 heteroatoms. The van der Waals surface area contributed by atoms with Gasteiger partial charge in [0.15, 0.2) is 0 Å². The van der Waals surface area contributed by atoms with Crippen LogP contribution in [0.15, 0.2) is 35.3 Å². The summed E-state index contributed by atoms with van der Waals surface area (Å²) in [7, 11) is 0. The largest absolute Gasteiger partial charge is 0.325 e. The number of benzene rings is 1. The van der Waals surface area contributed by atoms with E-state index in [-0.39, 0.29) is 22.9 Å². The highest BCUT2D eigenvalue weighted by Gasteiger charge is 2.37. The van der Waals surface area contributed by atoms with Crippen molar-refractivity contribution in [3.8, 4) is 0 Å². The Labute approximate surface area is 164 Å². The van der Waals surface area contributed by atoms with Gasteiger partial charge in [-0.3, -0.25) is 5.41 Å². The van der Waals surface area contributed by atoms with Crippen molar-refractivity contribution < 1.29 is 4.39 Å². The van der Waals surface area contributed by atoms with Gasteiger partial charge in [0.1, 0.15) is 11.3 Å². The summed E-state index contributed by atoms with van der Waals surface area (Å²) in [5, 5.41) is 15.2. The van der Waals surface area contributed by atoms with E-state index in [1.54, 1.807) is 16.1 Å². The zero-order valence-electron chi connectivity index (χ0n) is 16.6. The van der Waals surface area contributed by atoms with Crippen LogP contribution in [0, 0.1) is 18.2 Å². The van der Waals surface area contributed by atoms with Gasteiger partial charge in [0.05, 0.1) is 6.04 Å². The highest BCUT2D eigenvalue weighted by molar-refractivity contribution is 7.07. The maximum atomic E-state index is 13.3. The second-order valence-electron chi connectivity index (χ2n) is 8.57. The summed E-state index contributed by atoms with van der Waals surface area (Å²) in [6.45, 7) is 10.8. The minimum atomic E-state index is -0.276. The first-order valence-corrected chi connectivity index (χ1v) is 9.95. The topological polar surface area (TPSA) is 65.2 Å². The second kappa shape index (κ2) is 7.20. The van der Waals surface area contributed by atoms with Crippen molar-refractivity contribution in [3.63, 3.8) is 0 Å². The highest BCUT2D eigenvalue weighted by atomic mass is 32.1. The van der Waals surface area contributed by atoms with Crippen molar-refractivity contribution in [1.29, 1.82) is 5.41 Å². The van der Waals surface area contributed by atoms with Gasteiger partial charge in [-0.2, -0.15) is 0 Å². The van der Waals surface area contributed by atoms with E-state index in [1.807, 2.05) is 13.0 Å². The van der Waals surface area contributed by atoms with Gasteiger partial charge in [-0.15, -0.1) is 0 Å². The van der Waals surface area contributed by atoms with E-state index in [1.165, 1.54) is 23.7 Å². The maximum Gasteiger partial charge on any atom is 0.218 e. The Morgan fingerprint density at radius 3 is 2.33 bits per heavy atom. The number of hydrogen-bond acceptors (Lipinski definition) is 4. The third-order valence-electron chi connectivity index (χ3n) is 4.56. The molecule has 5 nitrogen and oxygen atoms in total. The van der Waals surface area contributed by atoms with E-state index in [4.69, 9.17) is 10.4 Å². The second-order valence-corrected chi connectivity index (χ2v) is 9.76. The fourth-order valence-corrected chi connectivity index (χ4v) is 4.74. The molecule has 1 saturated heterocycles. The number of hydrogen-bond donors (Lipinski definition) is 3. The summed E-state index contributed by atoms with van der Waals surface area (Å²) >= 11 is 1.48. The standard InChI is InChI=1S/C20H28FN5S/c1-13-10-17(22)26(27-13)18(23-15-8-6-14(21)7-9-15)24-16-11-19(2,3)25-20(4,5)12-16/h6-10,16,22,25H,11-12H2,1-5H3,(H,23,24). The van der Waals surface area contributed by atoms with Crippen molar-refractivity contribution in [2.24, 2.45) is 4.99 Å². The van der Waals surface area contributed by atoms with E-state index in [0.29, 0.717) is 11.4 Å². The van der Waals surface area contributed by atoms with E-state index in [2.05, 4.69) is 38.3 Å². The van der Waals surface area contributed by atoms with Crippen LogP contribution in [0.25, 0.3) is 0 Å². The molecule has 0 bridgehead atoms. The molecule has 1 aromatic heterocycles. The molecule has 1 aromatic carbocycles. The fraction of sp³-hybridized carbons (Fsp3) is 0.500. The third kappa shape index (κ3) is 5.05. The van der Waals surface area contributed by atoms with Gasteiger partial charge >= 0.3 is 0 Å². The number of halogens is 1. The van der Waals surface area contributed by atoms with Crippen molar-refractivity contribution in [1.82, 2.24) is 9.27 Å². The molecule has 1 fully saturated rings. The van der Waals surface area contributed by atoms with Crippen LogP contribution in [0.5, 0.6) is 0 Å². The van der Waals surface area contributed by atoms with Gasteiger partial charge in [0, 0.05) is 21.6 Å². The summed E-state index contributed by atoms with van der Waals surface area (Å²) in [5.41, 5.74) is 1.10. The van der Waals surface area contributed by atoms with Gasteiger partial charge < -0.3 is 10.6 Å². The SMILES string of the molecule is Cc1cc(=N)n(C(=NC2CC(C)(C)NC(C)(C)C2)Nc2ccc(F)cc2)s1. The minimum Gasteiger partial charge on any atom is -0.325 e. The van der Waals surface area contributed by atoms with Gasteiger partial charge in [0.25, 0.3) is 0 Å². The number of aliphatic imine (C=N–C) groups is 1. The number of nitrogens with one attached hydrogen (secondary N) is 3. The highest BCUT2D eigenvalue weighted by Crippen LogP contribution is 2.30. The molecule has 146 valence electrons. The van der Waals surface area contributed by atoms with Crippen LogP contribution in [0.2, 0.25) is 0 Å². The molecule has 1 aliphatic heterocycles. The number of piperidine rings is 1. The lowest BCUT2D eigenvalue weighted by Gasteiger charge is -2.45. The normalized spacial score (nSPS) is 19.9. The first kappa shape index (κ1) is 19.8. The van der Waals surface area contributed by atoms with Crippen LogP contribution in [-0.2, 0) is 0 Å². The van der Waals surface area contributed by atoms with Crippen molar-refractivity contribution >= 4 is 23.2 Å². The molecule has 0 amide bonds. The van der Waals surface area contributed by atoms with E-state index in [9.17, 15) is 4.39 Å². The molecule has 27 heavy (non-hydrogen) atoms. The fourth-order valence-electron chi connectivity index (χ4n) is 3.96. The molecule has 3 rings (SSSR count). The Hall–Kier alpha value is -1.99. The van der Waals surface area contributed by atoms with Crippen LogP contribution in [-0.4, -0.2) is 27.0 Å². The van der Waals surface area contributed by atoms with Crippen LogP contribution >= 0.6 is 11.5 Å². The molecule has 2 heterocycles. The first-order chi connectivity index (χ1) is 12.5. The molecule has 2 aromatic rings. The summed E-state index contributed by atoms with van der Waals surface area (Å²) < 4.78 is 15.1. The summed E-state index contributed by atoms with van der Waals surface area (Å²) in [5.74, 6) is 0.338. The van der Waals surface area contributed by atoms with E-state index < -0.39 is 0 Å². The smallest absolute Gasteiger partial charge is 0.218 e. The average Bonchev–Trinajstić information content (AvgIpc) is 2.84. The maximum absolute atomic E-state index is 13.3. The molecule has 1 aliphatic rings. The third-order valence-corrected chi connectivity index (χ3v) is 5.52. The van der Waals surface area contributed by atoms with Gasteiger partial charge in [-0.1, -0.05) is 11.5 Å².